The molecular formula is C29H24N3O3S+. The van der Waals surface area contributed by atoms with E-state index in [1.165, 1.54) is 15.2 Å². The average Bonchev–Trinajstić information content (AvgIpc) is 3.63. The Bertz CT molecular complexity index is 1660. The predicted octanol–water partition coefficient (Wildman–Crippen LogP) is 4.73. The molecule has 3 aliphatic rings. The molecule has 178 valence electrons. The maximum absolute atomic E-state index is 14.0. The molecule has 6 nitrogen and oxygen atoms in total. The molecule has 0 radical (unpaired) electrons. The molecule has 0 saturated carbocycles. The first-order valence-electron chi connectivity index (χ1n) is 12.0. The van der Waals surface area contributed by atoms with Crippen LogP contribution in [0.3, 0.4) is 0 Å². The van der Waals surface area contributed by atoms with E-state index >= 15 is 0 Å². The third-order valence-electron chi connectivity index (χ3n) is 7.88. The highest BCUT2D eigenvalue weighted by molar-refractivity contribution is 7.89. The van der Waals surface area contributed by atoms with Gasteiger partial charge in [0.2, 0.25) is 0 Å². The lowest BCUT2D eigenvalue weighted by Crippen LogP contribution is -2.60. The first-order chi connectivity index (χ1) is 17.5. The van der Waals surface area contributed by atoms with Crippen LogP contribution in [-0.2, 0) is 15.4 Å². The summed E-state index contributed by atoms with van der Waals surface area (Å²) in [6, 6.07) is 25.5. The maximum Gasteiger partial charge on any atom is 0.283 e. The lowest BCUT2D eigenvalue weighted by atomic mass is 9.55. The van der Waals surface area contributed by atoms with Gasteiger partial charge in [0.15, 0.2) is 17.9 Å². The fourth-order valence-corrected chi connectivity index (χ4v) is 7.69. The number of nitrogens with zero attached hydrogens (tertiary/aromatic N) is 3. The zero-order valence-electron chi connectivity index (χ0n) is 19.7. The van der Waals surface area contributed by atoms with Gasteiger partial charge in [0, 0.05) is 29.7 Å². The molecule has 0 N–H and O–H groups in total. The third-order valence-corrected chi connectivity index (χ3v) is 9.49. The molecule has 2 bridgehead atoms. The van der Waals surface area contributed by atoms with Gasteiger partial charge in [-0.3, -0.25) is 0 Å². The summed E-state index contributed by atoms with van der Waals surface area (Å²) >= 11 is 0. The van der Waals surface area contributed by atoms with Gasteiger partial charge < -0.3 is 4.42 Å². The molecule has 0 fully saturated rings. The molecule has 0 spiro atoms. The molecule has 2 aromatic carbocycles. The van der Waals surface area contributed by atoms with Crippen LogP contribution in [0.25, 0.3) is 0 Å². The highest BCUT2D eigenvalue weighted by Crippen LogP contribution is 2.59. The van der Waals surface area contributed by atoms with E-state index in [2.05, 4.69) is 58.3 Å². The van der Waals surface area contributed by atoms with Gasteiger partial charge in [0.1, 0.15) is 0 Å². The van der Waals surface area contributed by atoms with Gasteiger partial charge in [0.05, 0.1) is 40.6 Å². The highest BCUT2D eigenvalue weighted by atomic mass is 32.2. The second-order valence-corrected chi connectivity index (χ2v) is 11.4. The largest absolute Gasteiger partial charge is 0.472 e. The van der Waals surface area contributed by atoms with Gasteiger partial charge in [0.25, 0.3) is 10.0 Å². The number of aryl methyl sites for hydroxylation is 1. The molecule has 3 aromatic heterocycles. The lowest BCUT2D eigenvalue weighted by molar-refractivity contribution is -0.732. The summed E-state index contributed by atoms with van der Waals surface area (Å²) in [5.74, 6) is -0.124. The van der Waals surface area contributed by atoms with Gasteiger partial charge in [-0.05, 0) is 36.8 Å². The molecule has 1 aliphatic carbocycles. The zero-order chi connectivity index (χ0) is 24.5. The zero-order valence-corrected chi connectivity index (χ0v) is 20.5. The minimum absolute atomic E-state index is 0.0442. The van der Waals surface area contributed by atoms with Gasteiger partial charge >= 0.3 is 0 Å². The Hall–Kier alpha value is -3.97. The minimum atomic E-state index is -3.92. The summed E-state index contributed by atoms with van der Waals surface area (Å²) in [6.45, 7) is 1.94. The first-order valence-corrected chi connectivity index (χ1v) is 13.4. The van der Waals surface area contributed by atoms with E-state index in [1.807, 2.05) is 31.2 Å². The van der Waals surface area contributed by atoms with E-state index < -0.39 is 15.4 Å². The molecule has 8 rings (SSSR count). The van der Waals surface area contributed by atoms with Crippen LogP contribution >= 0.6 is 0 Å². The van der Waals surface area contributed by atoms with Crippen molar-refractivity contribution < 1.29 is 17.4 Å². The van der Waals surface area contributed by atoms with Crippen molar-refractivity contribution in [3.63, 3.8) is 0 Å². The van der Waals surface area contributed by atoms with E-state index in [0.717, 1.165) is 16.8 Å². The fraction of sp³-hybridized carbons (Fsp3) is 0.172. The van der Waals surface area contributed by atoms with Gasteiger partial charge in [-0.2, -0.15) is 22.2 Å². The molecule has 0 amide bonds. The van der Waals surface area contributed by atoms with E-state index in [0.29, 0.717) is 12.1 Å². The monoisotopic (exact) mass is 494 g/mol. The number of hydrogen-bond donors (Lipinski definition) is 0. The van der Waals surface area contributed by atoms with Crippen molar-refractivity contribution in [1.29, 1.82) is 0 Å². The first kappa shape index (κ1) is 21.3. The van der Waals surface area contributed by atoms with E-state index in [9.17, 15) is 8.42 Å². The van der Waals surface area contributed by atoms with Crippen molar-refractivity contribution in [2.75, 3.05) is 0 Å². The molecule has 7 heteroatoms. The quantitative estimate of drug-likeness (QED) is 0.339. The summed E-state index contributed by atoms with van der Waals surface area (Å²) < 4.78 is 37.1. The smallest absolute Gasteiger partial charge is 0.283 e. The van der Waals surface area contributed by atoms with Crippen molar-refractivity contribution in [2.24, 2.45) is 0 Å². The number of benzene rings is 2. The summed E-state index contributed by atoms with van der Waals surface area (Å²) in [5, 5.41) is 4.40. The molecular weight excluding hydrogens is 470 g/mol. The van der Waals surface area contributed by atoms with Crippen LogP contribution < -0.4 is 4.57 Å². The van der Waals surface area contributed by atoms with Crippen LogP contribution in [0.2, 0.25) is 0 Å². The molecule has 3 unspecified atom stereocenters. The Kier molecular flexibility index (Phi) is 4.45. The Morgan fingerprint density at radius 1 is 0.972 bits per heavy atom. The van der Waals surface area contributed by atoms with Crippen molar-refractivity contribution >= 4 is 10.0 Å². The number of aromatic nitrogens is 3. The third kappa shape index (κ3) is 2.74. The Morgan fingerprint density at radius 3 is 2.53 bits per heavy atom. The Labute approximate surface area is 209 Å². The van der Waals surface area contributed by atoms with Crippen molar-refractivity contribution in [1.82, 2.24) is 9.19 Å². The summed E-state index contributed by atoms with van der Waals surface area (Å²) in [6.07, 6.45) is 7.83. The number of fused-ring (bicyclic) bond motifs is 1. The summed E-state index contributed by atoms with van der Waals surface area (Å²) in [4.78, 5) is 0.219. The fourth-order valence-electron chi connectivity index (χ4n) is 6.35. The topological polar surface area (TPSA) is 69.0 Å². The maximum atomic E-state index is 14.0. The molecule has 5 aromatic rings. The van der Waals surface area contributed by atoms with Crippen molar-refractivity contribution in [3.8, 4) is 0 Å². The normalized spacial score (nSPS) is 22.2. The average molecular weight is 495 g/mol. The summed E-state index contributed by atoms with van der Waals surface area (Å²) in [7, 11) is -3.92. The van der Waals surface area contributed by atoms with Crippen LogP contribution in [0, 0.1) is 6.92 Å². The van der Waals surface area contributed by atoms with Gasteiger partial charge in [-0.15, -0.1) is 0 Å². The van der Waals surface area contributed by atoms with Crippen LogP contribution in [0.1, 0.15) is 52.0 Å². The predicted molar refractivity (Wildman–Crippen MR) is 133 cm³/mol. The molecule has 3 atom stereocenters. The second-order valence-electron chi connectivity index (χ2n) is 9.68. The number of pyridine rings is 1. The molecule has 0 saturated heterocycles. The van der Waals surface area contributed by atoms with E-state index in [-0.39, 0.29) is 16.9 Å². The van der Waals surface area contributed by atoms with Crippen LogP contribution in [-0.4, -0.2) is 17.6 Å². The van der Waals surface area contributed by atoms with Crippen molar-refractivity contribution in [2.45, 2.75) is 35.6 Å². The SMILES string of the molecule is Cc1ccc(S(=O)(=O)n2nccc2C2(c3ccoc3)CC3c4ccccc4C2c2cccc[n+]23)cc1. The van der Waals surface area contributed by atoms with Crippen molar-refractivity contribution in [3.05, 3.63) is 137 Å². The van der Waals surface area contributed by atoms with Crippen LogP contribution in [0.15, 0.2) is 113 Å². The number of rotatable bonds is 4. The molecule has 36 heavy (non-hydrogen) atoms. The Balaban J connectivity index is 1.53. The van der Waals surface area contributed by atoms with Gasteiger partial charge in [-0.1, -0.05) is 48.0 Å². The second kappa shape index (κ2) is 7.51. The highest BCUT2D eigenvalue weighted by Gasteiger charge is 2.61. The van der Waals surface area contributed by atoms with Crippen LogP contribution in [0.5, 0.6) is 0 Å². The van der Waals surface area contributed by atoms with Crippen LogP contribution in [0.4, 0.5) is 0 Å². The minimum Gasteiger partial charge on any atom is -0.472 e. The summed E-state index contributed by atoms with van der Waals surface area (Å²) in [5.41, 5.74) is 5.53. The number of furan rings is 1. The van der Waals surface area contributed by atoms with E-state index in [1.54, 1.807) is 30.9 Å². The van der Waals surface area contributed by atoms with Gasteiger partial charge in [-0.25, -0.2) is 0 Å². The molecule has 5 heterocycles. The molecule has 2 aliphatic heterocycles. The van der Waals surface area contributed by atoms with E-state index in [4.69, 9.17) is 4.42 Å². The number of hydrogen-bond acceptors (Lipinski definition) is 4. The standard InChI is InChI=1S/C29H24N3O3S/c1-20-9-11-22(12-10-20)36(33,34)32-27(13-15-30-32)29(21-14-17-35-19-21)18-26-23-6-2-3-7-24(23)28(29)25-8-4-5-16-31(25)26/h2-17,19,26,28H,18H2,1H3/q+1. The Morgan fingerprint density at radius 2 is 1.75 bits per heavy atom. The lowest BCUT2D eigenvalue weighted by Gasteiger charge is -2.48.